The maximum Gasteiger partial charge on any atom is 0.229 e. The Balaban J connectivity index is 1.68. The van der Waals surface area contributed by atoms with Gasteiger partial charge in [0.2, 0.25) is 5.95 Å². The monoisotopic (exact) mass is 328 g/mol. The predicted molar refractivity (Wildman–Crippen MR) is 95.1 cm³/mol. The molecule has 1 aliphatic heterocycles. The second-order valence-corrected chi connectivity index (χ2v) is 6.32. The summed E-state index contributed by atoms with van der Waals surface area (Å²) >= 11 is 0. The Bertz CT molecular complexity index is 695. The molecule has 1 saturated heterocycles. The minimum absolute atomic E-state index is 0.497. The van der Waals surface area contributed by atoms with Crippen LogP contribution in [0.1, 0.15) is 18.4 Å². The van der Waals surface area contributed by atoms with Crippen LogP contribution in [0, 0.1) is 11.3 Å². The predicted octanol–water partition coefficient (Wildman–Crippen LogP) is 1.71. The van der Waals surface area contributed by atoms with Crippen LogP contribution in [0.3, 0.4) is 0 Å². The van der Waals surface area contributed by atoms with E-state index < -0.39 is 0 Å². The van der Waals surface area contributed by atoms with Gasteiger partial charge in [0.1, 0.15) is 5.82 Å². The van der Waals surface area contributed by atoms with Crippen LogP contribution in [0.15, 0.2) is 18.6 Å². The number of piperidine rings is 1. The quantitative estimate of drug-likeness (QED) is 0.699. The number of hydrogen-bond acceptors (Lipinski definition) is 7. The highest BCUT2D eigenvalue weighted by molar-refractivity contribution is 5.84. The maximum absolute atomic E-state index is 7.55. The van der Waals surface area contributed by atoms with Crippen LogP contribution in [0.5, 0.6) is 0 Å². The molecule has 0 amide bonds. The number of rotatable bonds is 6. The first kappa shape index (κ1) is 16.4. The summed E-state index contributed by atoms with van der Waals surface area (Å²) in [5.74, 6) is 1.79. The van der Waals surface area contributed by atoms with E-state index in [-0.39, 0.29) is 0 Å². The molecular weight excluding hydrogens is 304 g/mol. The Morgan fingerprint density at radius 1 is 1.38 bits per heavy atom. The molecule has 1 atom stereocenters. The highest BCUT2D eigenvalue weighted by Crippen LogP contribution is 2.19. The number of aromatic nitrogens is 4. The minimum atomic E-state index is 0.497. The van der Waals surface area contributed by atoms with Crippen LogP contribution in [-0.4, -0.2) is 57.5 Å². The molecule has 0 aromatic carbocycles. The summed E-state index contributed by atoms with van der Waals surface area (Å²) in [7, 11) is 4.02. The summed E-state index contributed by atoms with van der Waals surface area (Å²) in [5.41, 5.74) is 1.52. The van der Waals surface area contributed by atoms with Crippen molar-refractivity contribution in [3.05, 3.63) is 24.2 Å². The molecule has 2 aromatic rings. The molecule has 0 bridgehead atoms. The fraction of sp³-hybridized carbons (Fsp3) is 0.500. The van der Waals surface area contributed by atoms with Crippen molar-refractivity contribution < 1.29 is 0 Å². The van der Waals surface area contributed by atoms with Gasteiger partial charge in [0.15, 0.2) is 0 Å². The zero-order chi connectivity index (χ0) is 16.9. The third-order valence-corrected chi connectivity index (χ3v) is 4.21. The fourth-order valence-electron chi connectivity index (χ4n) is 2.99. The van der Waals surface area contributed by atoms with E-state index in [1.165, 1.54) is 25.6 Å². The van der Waals surface area contributed by atoms with Gasteiger partial charge in [0.25, 0.3) is 0 Å². The Morgan fingerprint density at radius 2 is 2.25 bits per heavy atom. The van der Waals surface area contributed by atoms with Crippen molar-refractivity contribution in [2.24, 2.45) is 13.0 Å². The number of likely N-dealkylation sites (tertiary alicyclic amines) is 1. The van der Waals surface area contributed by atoms with E-state index in [4.69, 9.17) is 5.41 Å². The topological polar surface area (TPSA) is 94.8 Å². The molecule has 0 radical (unpaired) electrons. The van der Waals surface area contributed by atoms with Crippen molar-refractivity contribution >= 4 is 23.7 Å². The normalized spacial score (nSPS) is 18.3. The van der Waals surface area contributed by atoms with E-state index in [1.54, 1.807) is 17.1 Å². The van der Waals surface area contributed by atoms with E-state index in [0.717, 1.165) is 18.8 Å². The number of nitrogens with one attached hydrogen (secondary N) is 3. The van der Waals surface area contributed by atoms with Gasteiger partial charge < -0.3 is 20.9 Å². The van der Waals surface area contributed by atoms with Crippen molar-refractivity contribution in [3.8, 4) is 0 Å². The Hall–Kier alpha value is -2.48. The third-order valence-electron chi connectivity index (χ3n) is 4.21. The average Bonchev–Trinajstić information content (AvgIpc) is 2.98. The Morgan fingerprint density at radius 3 is 2.96 bits per heavy atom. The maximum atomic E-state index is 7.55. The van der Waals surface area contributed by atoms with E-state index in [0.29, 0.717) is 23.2 Å². The third kappa shape index (κ3) is 4.08. The first-order valence-electron chi connectivity index (χ1n) is 8.19. The Labute approximate surface area is 141 Å². The highest BCUT2D eigenvalue weighted by Gasteiger charge is 2.17. The molecule has 8 nitrogen and oxygen atoms in total. The zero-order valence-corrected chi connectivity index (χ0v) is 14.2. The Kier molecular flexibility index (Phi) is 5.05. The van der Waals surface area contributed by atoms with Crippen molar-refractivity contribution in [1.29, 1.82) is 5.41 Å². The summed E-state index contributed by atoms with van der Waals surface area (Å²) < 4.78 is 1.72. The highest BCUT2D eigenvalue weighted by atomic mass is 15.3. The first-order valence-corrected chi connectivity index (χ1v) is 8.19. The van der Waals surface area contributed by atoms with Gasteiger partial charge in [-0.15, -0.1) is 0 Å². The lowest BCUT2D eigenvalue weighted by molar-refractivity contribution is 0.217. The standard InChI is InChI=1S/C16H24N8/c1-23-5-3-4-12(10-23)7-18-15-13(6-17)8-19-16(22-15)21-14-9-20-24(2)11-14/h6,8-9,11-12,17H,3-5,7,10H2,1-2H3,(H2,18,19,21,22). The lowest BCUT2D eigenvalue weighted by atomic mass is 9.98. The van der Waals surface area contributed by atoms with Crippen LogP contribution in [0.4, 0.5) is 17.5 Å². The summed E-state index contributed by atoms with van der Waals surface area (Å²) in [4.78, 5) is 11.1. The summed E-state index contributed by atoms with van der Waals surface area (Å²) in [6.07, 6.45) is 8.98. The van der Waals surface area contributed by atoms with E-state index in [9.17, 15) is 0 Å². The van der Waals surface area contributed by atoms with Crippen LogP contribution < -0.4 is 10.6 Å². The van der Waals surface area contributed by atoms with Gasteiger partial charge >= 0.3 is 0 Å². The number of hydrogen-bond donors (Lipinski definition) is 3. The molecule has 3 heterocycles. The van der Waals surface area contributed by atoms with Gasteiger partial charge in [-0.05, 0) is 32.4 Å². The summed E-state index contributed by atoms with van der Waals surface area (Å²) in [5, 5.41) is 18.2. The zero-order valence-electron chi connectivity index (χ0n) is 14.2. The second-order valence-electron chi connectivity index (χ2n) is 6.32. The lowest BCUT2D eigenvalue weighted by Gasteiger charge is -2.29. The lowest BCUT2D eigenvalue weighted by Crippen LogP contribution is -2.35. The van der Waals surface area contributed by atoms with Gasteiger partial charge in [-0.3, -0.25) is 4.68 Å². The van der Waals surface area contributed by atoms with Crippen molar-refractivity contribution in [2.75, 3.05) is 37.3 Å². The van der Waals surface area contributed by atoms with Gasteiger partial charge in [-0.1, -0.05) is 0 Å². The molecule has 8 heteroatoms. The van der Waals surface area contributed by atoms with Crippen LogP contribution in [0.25, 0.3) is 0 Å². The fourth-order valence-corrected chi connectivity index (χ4v) is 2.99. The van der Waals surface area contributed by atoms with Crippen molar-refractivity contribution in [1.82, 2.24) is 24.6 Å². The molecule has 0 spiro atoms. The molecule has 0 saturated carbocycles. The van der Waals surface area contributed by atoms with Crippen LogP contribution in [0.2, 0.25) is 0 Å². The van der Waals surface area contributed by atoms with Crippen LogP contribution in [-0.2, 0) is 7.05 Å². The van der Waals surface area contributed by atoms with Gasteiger partial charge in [-0.2, -0.15) is 10.1 Å². The average molecular weight is 328 g/mol. The molecular formula is C16H24N8. The number of anilines is 3. The minimum Gasteiger partial charge on any atom is -0.369 e. The van der Waals surface area contributed by atoms with E-state index in [1.807, 2.05) is 13.2 Å². The first-order chi connectivity index (χ1) is 11.6. The number of aryl methyl sites for hydroxylation is 1. The molecule has 1 unspecified atom stereocenters. The molecule has 1 aliphatic rings. The largest absolute Gasteiger partial charge is 0.369 e. The SMILES string of the molecule is CN1CCCC(CNc2nc(Nc3cnn(C)c3)ncc2C=N)C1. The van der Waals surface area contributed by atoms with Crippen molar-refractivity contribution in [3.63, 3.8) is 0 Å². The molecule has 2 aromatic heterocycles. The molecule has 0 aliphatic carbocycles. The molecule has 1 fully saturated rings. The van der Waals surface area contributed by atoms with Crippen LogP contribution >= 0.6 is 0 Å². The van der Waals surface area contributed by atoms with E-state index in [2.05, 4.69) is 37.6 Å². The molecule has 3 rings (SSSR count). The van der Waals surface area contributed by atoms with Gasteiger partial charge in [-0.25, -0.2) is 4.98 Å². The second kappa shape index (κ2) is 7.39. The summed E-state index contributed by atoms with van der Waals surface area (Å²) in [6, 6.07) is 0. The van der Waals surface area contributed by atoms with Gasteiger partial charge in [0.05, 0.1) is 17.4 Å². The molecule has 3 N–H and O–H groups in total. The summed E-state index contributed by atoms with van der Waals surface area (Å²) in [6.45, 7) is 3.13. The van der Waals surface area contributed by atoms with Gasteiger partial charge in [0, 0.05) is 38.7 Å². The number of nitrogens with zero attached hydrogens (tertiary/aromatic N) is 5. The smallest absolute Gasteiger partial charge is 0.229 e. The van der Waals surface area contributed by atoms with E-state index >= 15 is 0 Å². The van der Waals surface area contributed by atoms with Crippen molar-refractivity contribution in [2.45, 2.75) is 12.8 Å². The molecule has 24 heavy (non-hydrogen) atoms. The molecule has 128 valence electrons.